The molecule has 8 heteroatoms. The van der Waals surface area contributed by atoms with Crippen LogP contribution < -0.4 is 5.73 Å². The predicted molar refractivity (Wildman–Crippen MR) is 73.2 cm³/mol. The molecule has 1 rings (SSSR count). The number of aliphatic hydroxyl groups excluding tert-OH is 1. The minimum absolute atomic E-state index is 0.000926. The Morgan fingerprint density at radius 1 is 1.37 bits per heavy atom. The van der Waals surface area contributed by atoms with Gasteiger partial charge in [0.25, 0.3) is 0 Å². The molecule has 2 atom stereocenters. The van der Waals surface area contributed by atoms with Crippen LogP contribution in [0.5, 0.6) is 0 Å². The summed E-state index contributed by atoms with van der Waals surface area (Å²) in [5.41, 5.74) is 5.90. The Morgan fingerprint density at radius 2 is 1.89 bits per heavy atom. The van der Waals surface area contributed by atoms with E-state index in [1.807, 2.05) is 18.2 Å². The molecule has 0 aromatic rings. The Labute approximate surface area is 114 Å². The number of aliphatic hydroxyl groups is 1. The Hall–Kier alpha value is -0.770. The molecule has 0 saturated heterocycles. The van der Waals surface area contributed by atoms with Crippen molar-refractivity contribution in [2.24, 2.45) is 5.73 Å². The van der Waals surface area contributed by atoms with Gasteiger partial charge in [-0.2, -0.15) is 8.42 Å². The van der Waals surface area contributed by atoms with Crippen molar-refractivity contribution in [1.29, 1.82) is 0 Å². The van der Waals surface area contributed by atoms with Gasteiger partial charge in [-0.3, -0.25) is 14.0 Å². The Kier molecular flexibility index (Phi) is 7.42. The van der Waals surface area contributed by atoms with Gasteiger partial charge in [-0.15, -0.1) is 0 Å². The van der Waals surface area contributed by atoms with E-state index in [1.54, 1.807) is 0 Å². The second-order valence-corrected chi connectivity index (χ2v) is 5.14. The van der Waals surface area contributed by atoms with Crippen LogP contribution in [0.3, 0.4) is 0 Å². The normalized spacial score (nSPS) is 26.2. The lowest BCUT2D eigenvalue weighted by molar-refractivity contribution is 0.109. The number of allylic oxidation sites excluding steroid dienone is 2. The molecule has 5 N–H and O–H groups in total. The van der Waals surface area contributed by atoms with Crippen LogP contribution in [0.1, 0.15) is 13.8 Å². The molecule has 0 aliphatic heterocycles. The first-order valence-electron chi connectivity index (χ1n) is 5.82. The Balaban J connectivity index is 0.000000555. The van der Waals surface area contributed by atoms with Gasteiger partial charge in [0.05, 0.1) is 12.1 Å². The van der Waals surface area contributed by atoms with Crippen LogP contribution in [0, 0.1) is 0 Å². The molecule has 1 aliphatic rings. The highest BCUT2D eigenvalue weighted by molar-refractivity contribution is 7.79. The molecule has 19 heavy (non-hydrogen) atoms. The highest BCUT2D eigenvalue weighted by Crippen LogP contribution is 2.23. The fourth-order valence-electron chi connectivity index (χ4n) is 1.92. The summed E-state index contributed by atoms with van der Waals surface area (Å²) in [5, 5.41) is 8.97. The lowest BCUT2D eigenvalue weighted by atomic mass is 9.87. The lowest BCUT2D eigenvalue weighted by Crippen LogP contribution is -2.57. The van der Waals surface area contributed by atoms with Crippen LogP contribution in [0.25, 0.3) is 0 Å². The molecule has 0 heterocycles. The van der Waals surface area contributed by atoms with E-state index < -0.39 is 10.4 Å². The number of β-amino-alcohol motifs (C(OH)–C–C–N with tert-alkyl or cyclic N) is 1. The minimum atomic E-state index is -4.67. The van der Waals surface area contributed by atoms with Crippen molar-refractivity contribution < 1.29 is 22.6 Å². The molecule has 1 aliphatic carbocycles. The van der Waals surface area contributed by atoms with Gasteiger partial charge >= 0.3 is 10.4 Å². The van der Waals surface area contributed by atoms with Gasteiger partial charge in [-0.1, -0.05) is 31.2 Å². The first kappa shape index (κ1) is 18.2. The van der Waals surface area contributed by atoms with Crippen molar-refractivity contribution in [2.75, 3.05) is 19.7 Å². The molecule has 0 spiro atoms. The SMILES string of the molecule is CCN(CCO)C1(C)C=CC=CC1N.O=S(=O)(O)O. The highest BCUT2D eigenvalue weighted by atomic mass is 32.3. The maximum Gasteiger partial charge on any atom is 0.394 e. The second kappa shape index (κ2) is 7.73. The fourth-order valence-corrected chi connectivity index (χ4v) is 1.92. The number of likely N-dealkylation sites (N-methyl/N-ethyl adjacent to an activating group) is 1. The van der Waals surface area contributed by atoms with Gasteiger partial charge in [0.15, 0.2) is 0 Å². The van der Waals surface area contributed by atoms with Crippen LogP contribution >= 0.6 is 0 Å². The van der Waals surface area contributed by atoms with Gasteiger partial charge in [-0.25, -0.2) is 0 Å². The van der Waals surface area contributed by atoms with Gasteiger partial charge in [0.2, 0.25) is 0 Å². The molecule has 0 bridgehead atoms. The van der Waals surface area contributed by atoms with Crippen LogP contribution in [0.4, 0.5) is 0 Å². The van der Waals surface area contributed by atoms with Crippen LogP contribution in [0.15, 0.2) is 24.3 Å². The van der Waals surface area contributed by atoms with E-state index in [2.05, 4.69) is 24.8 Å². The molecule has 0 amide bonds. The quantitative estimate of drug-likeness (QED) is 0.532. The van der Waals surface area contributed by atoms with E-state index in [9.17, 15) is 0 Å². The highest BCUT2D eigenvalue weighted by Gasteiger charge is 2.33. The maximum absolute atomic E-state index is 8.97. The second-order valence-electron chi connectivity index (χ2n) is 4.25. The zero-order chi connectivity index (χ0) is 15.1. The number of hydrogen-bond acceptors (Lipinski definition) is 5. The van der Waals surface area contributed by atoms with Crippen molar-refractivity contribution >= 4 is 10.4 Å². The van der Waals surface area contributed by atoms with E-state index in [0.29, 0.717) is 6.54 Å². The van der Waals surface area contributed by atoms with Gasteiger partial charge in [-0.05, 0) is 13.5 Å². The summed E-state index contributed by atoms with van der Waals surface area (Å²) >= 11 is 0. The van der Waals surface area contributed by atoms with E-state index in [4.69, 9.17) is 28.4 Å². The standard InChI is InChI=1S/C11H20N2O.H2O4S/c1-3-13(8-9-14)11(2)7-5-4-6-10(11)12;1-5(2,3)4/h4-7,10,14H,3,8-9,12H2,1-2H3;(H2,1,2,3,4). The summed E-state index contributed by atoms with van der Waals surface area (Å²) < 4.78 is 31.6. The molecule has 0 radical (unpaired) electrons. The monoisotopic (exact) mass is 294 g/mol. The average molecular weight is 294 g/mol. The number of nitrogens with two attached hydrogens (primary N) is 1. The van der Waals surface area contributed by atoms with E-state index in [1.165, 1.54) is 0 Å². The molecule has 7 nitrogen and oxygen atoms in total. The van der Waals surface area contributed by atoms with Crippen LogP contribution in [-0.2, 0) is 10.4 Å². The van der Waals surface area contributed by atoms with Gasteiger partial charge in [0, 0.05) is 12.6 Å². The summed E-state index contributed by atoms with van der Waals surface area (Å²) in [5.74, 6) is 0. The Morgan fingerprint density at radius 3 is 2.26 bits per heavy atom. The summed E-state index contributed by atoms with van der Waals surface area (Å²) in [6, 6.07) is -0.000926. The summed E-state index contributed by atoms with van der Waals surface area (Å²) in [4.78, 5) is 2.19. The van der Waals surface area contributed by atoms with Crippen molar-refractivity contribution in [3.63, 3.8) is 0 Å². The topological polar surface area (TPSA) is 124 Å². The zero-order valence-electron chi connectivity index (χ0n) is 11.1. The first-order valence-corrected chi connectivity index (χ1v) is 7.22. The Bertz CT molecular complexity index is 413. The van der Waals surface area contributed by atoms with Crippen LogP contribution in [0.2, 0.25) is 0 Å². The molecular formula is C11H22N2O5S. The molecule has 0 saturated carbocycles. The van der Waals surface area contributed by atoms with Gasteiger partial charge in [0.1, 0.15) is 0 Å². The van der Waals surface area contributed by atoms with Crippen molar-refractivity contribution in [3.8, 4) is 0 Å². The largest absolute Gasteiger partial charge is 0.395 e. The third-order valence-electron chi connectivity index (χ3n) is 2.97. The van der Waals surface area contributed by atoms with Crippen molar-refractivity contribution in [1.82, 2.24) is 4.90 Å². The maximum atomic E-state index is 8.97. The fraction of sp³-hybridized carbons (Fsp3) is 0.636. The number of hydrogen-bond donors (Lipinski definition) is 4. The third kappa shape index (κ3) is 6.81. The van der Waals surface area contributed by atoms with Crippen molar-refractivity contribution in [2.45, 2.75) is 25.4 Å². The first-order chi connectivity index (χ1) is 8.65. The molecular weight excluding hydrogens is 272 g/mol. The molecule has 0 aromatic carbocycles. The summed E-state index contributed by atoms with van der Waals surface area (Å²) in [7, 11) is -4.67. The van der Waals surface area contributed by atoms with E-state index >= 15 is 0 Å². The van der Waals surface area contributed by atoms with E-state index in [0.717, 1.165) is 6.54 Å². The predicted octanol–water partition coefficient (Wildman–Crippen LogP) is -0.140. The molecule has 0 aromatic heterocycles. The lowest BCUT2D eigenvalue weighted by Gasteiger charge is -2.42. The minimum Gasteiger partial charge on any atom is -0.395 e. The molecule has 112 valence electrons. The summed E-state index contributed by atoms with van der Waals surface area (Å²) in [6.45, 7) is 5.92. The third-order valence-corrected chi connectivity index (χ3v) is 2.97. The van der Waals surface area contributed by atoms with E-state index in [-0.39, 0.29) is 18.2 Å². The van der Waals surface area contributed by atoms with Crippen LogP contribution in [-0.4, -0.2) is 58.8 Å². The zero-order valence-corrected chi connectivity index (χ0v) is 11.9. The average Bonchev–Trinajstić information content (AvgIpc) is 2.27. The number of nitrogens with zero attached hydrogens (tertiary/aromatic N) is 1. The number of rotatable bonds is 4. The van der Waals surface area contributed by atoms with Gasteiger partial charge < -0.3 is 10.8 Å². The molecule has 0 fully saturated rings. The molecule has 2 unspecified atom stereocenters. The van der Waals surface area contributed by atoms with Crippen molar-refractivity contribution in [3.05, 3.63) is 24.3 Å². The smallest absolute Gasteiger partial charge is 0.394 e. The summed E-state index contributed by atoms with van der Waals surface area (Å²) in [6.07, 6.45) is 8.10.